The van der Waals surface area contributed by atoms with Crippen LogP contribution in [-0.2, 0) is 11.3 Å². The first-order valence-electron chi connectivity index (χ1n) is 8.35. The number of rotatable bonds is 6. The van der Waals surface area contributed by atoms with E-state index in [1.165, 1.54) is 0 Å². The highest BCUT2D eigenvalue weighted by atomic mass is 16.5. The number of carbonyl (C=O) groups is 1. The second-order valence-electron chi connectivity index (χ2n) is 6.22. The van der Waals surface area contributed by atoms with Gasteiger partial charge in [-0.15, -0.1) is 0 Å². The van der Waals surface area contributed by atoms with Gasteiger partial charge in [0.25, 0.3) is 0 Å². The van der Waals surface area contributed by atoms with Crippen molar-refractivity contribution >= 4 is 16.9 Å². The van der Waals surface area contributed by atoms with Crippen molar-refractivity contribution in [3.8, 4) is 5.75 Å². The molecule has 0 fully saturated rings. The minimum Gasteiger partial charge on any atom is -0.493 e. The van der Waals surface area contributed by atoms with Crippen LogP contribution < -0.4 is 10.1 Å². The van der Waals surface area contributed by atoms with Crippen molar-refractivity contribution in [1.82, 2.24) is 15.1 Å². The van der Waals surface area contributed by atoms with Crippen LogP contribution in [0.5, 0.6) is 5.75 Å². The molecule has 0 saturated heterocycles. The molecule has 0 aliphatic carbocycles. The summed E-state index contributed by atoms with van der Waals surface area (Å²) in [6.07, 6.45) is 0.371. The summed E-state index contributed by atoms with van der Waals surface area (Å²) in [5.74, 6) is 1.36. The number of aryl methyl sites for hydroxylation is 3. The summed E-state index contributed by atoms with van der Waals surface area (Å²) in [6, 6.07) is 9.45. The number of benzene rings is 1. The molecule has 0 saturated carbocycles. The first-order chi connectivity index (χ1) is 12.0. The normalized spacial score (nSPS) is 12.3. The first-order valence-corrected chi connectivity index (χ1v) is 8.35. The Morgan fingerprint density at radius 1 is 1.36 bits per heavy atom. The van der Waals surface area contributed by atoms with Crippen LogP contribution in [0, 0.1) is 13.8 Å². The molecule has 25 heavy (non-hydrogen) atoms. The predicted octanol–water partition coefficient (Wildman–Crippen LogP) is 3.52. The van der Waals surface area contributed by atoms with E-state index in [0.29, 0.717) is 30.1 Å². The van der Waals surface area contributed by atoms with E-state index in [-0.39, 0.29) is 11.9 Å². The quantitative estimate of drug-likeness (QED) is 0.745. The third-order valence-corrected chi connectivity index (χ3v) is 4.21. The van der Waals surface area contributed by atoms with Crippen LogP contribution >= 0.6 is 0 Å². The lowest BCUT2D eigenvalue weighted by Crippen LogP contribution is -2.27. The lowest BCUT2D eigenvalue weighted by Gasteiger charge is -2.12. The molecule has 1 amide bonds. The van der Waals surface area contributed by atoms with Gasteiger partial charge in [0.05, 0.1) is 18.8 Å². The van der Waals surface area contributed by atoms with Crippen molar-refractivity contribution in [2.24, 2.45) is 0 Å². The second kappa shape index (κ2) is 7.01. The number of amides is 1. The van der Waals surface area contributed by atoms with Gasteiger partial charge in [0.1, 0.15) is 5.76 Å². The molecular weight excluding hydrogens is 318 g/mol. The number of methoxy groups -OCH3 is 1. The maximum Gasteiger partial charge on any atom is 0.222 e. The number of furan rings is 1. The average molecular weight is 341 g/mol. The van der Waals surface area contributed by atoms with Crippen LogP contribution in [0.15, 0.2) is 34.7 Å². The summed E-state index contributed by atoms with van der Waals surface area (Å²) >= 11 is 0. The van der Waals surface area contributed by atoms with Crippen molar-refractivity contribution in [2.75, 3.05) is 7.11 Å². The molecule has 2 heterocycles. The van der Waals surface area contributed by atoms with Gasteiger partial charge in [-0.2, -0.15) is 5.10 Å². The van der Waals surface area contributed by atoms with Crippen molar-refractivity contribution < 1.29 is 13.9 Å². The molecule has 1 unspecified atom stereocenters. The maximum atomic E-state index is 12.2. The highest BCUT2D eigenvalue weighted by molar-refractivity contribution is 5.84. The van der Waals surface area contributed by atoms with Crippen molar-refractivity contribution in [1.29, 1.82) is 0 Å². The zero-order chi connectivity index (χ0) is 18.0. The molecule has 1 aromatic carbocycles. The number of aromatic nitrogens is 2. The Morgan fingerprint density at radius 3 is 2.84 bits per heavy atom. The van der Waals surface area contributed by atoms with Gasteiger partial charge in [0.2, 0.25) is 5.91 Å². The Bertz CT molecular complexity index is 895. The zero-order valence-corrected chi connectivity index (χ0v) is 15.0. The molecule has 3 rings (SSSR count). The van der Waals surface area contributed by atoms with Gasteiger partial charge in [-0.25, -0.2) is 0 Å². The molecule has 132 valence electrons. The lowest BCUT2D eigenvalue weighted by atomic mass is 10.2. The van der Waals surface area contributed by atoms with Crippen molar-refractivity contribution in [3.63, 3.8) is 0 Å². The van der Waals surface area contributed by atoms with Gasteiger partial charge in [0, 0.05) is 24.0 Å². The molecular formula is C19H23N3O3. The summed E-state index contributed by atoms with van der Waals surface area (Å²) in [6.45, 7) is 6.40. The van der Waals surface area contributed by atoms with Crippen LogP contribution in [0.4, 0.5) is 0 Å². The first kappa shape index (κ1) is 17.1. The predicted molar refractivity (Wildman–Crippen MR) is 95.6 cm³/mol. The van der Waals surface area contributed by atoms with E-state index in [2.05, 4.69) is 10.4 Å². The van der Waals surface area contributed by atoms with E-state index in [4.69, 9.17) is 9.15 Å². The van der Waals surface area contributed by atoms with Crippen LogP contribution in [-0.4, -0.2) is 22.8 Å². The smallest absolute Gasteiger partial charge is 0.222 e. The maximum absolute atomic E-state index is 12.2. The molecule has 0 aliphatic heterocycles. The van der Waals surface area contributed by atoms with E-state index in [1.54, 1.807) is 7.11 Å². The number of carbonyl (C=O) groups excluding carboxylic acids is 1. The molecule has 1 atom stereocenters. The summed E-state index contributed by atoms with van der Waals surface area (Å²) in [5.41, 5.74) is 2.72. The van der Waals surface area contributed by atoms with E-state index in [9.17, 15) is 4.79 Å². The van der Waals surface area contributed by atoms with Gasteiger partial charge < -0.3 is 14.5 Å². The van der Waals surface area contributed by atoms with Gasteiger partial charge >= 0.3 is 0 Å². The van der Waals surface area contributed by atoms with E-state index in [1.807, 2.05) is 55.8 Å². The Labute approximate surface area is 146 Å². The number of fused-ring (bicyclic) bond motifs is 1. The lowest BCUT2D eigenvalue weighted by molar-refractivity contribution is -0.122. The highest BCUT2D eigenvalue weighted by Crippen LogP contribution is 2.30. The second-order valence-corrected chi connectivity index (χ2v) is 6.22. The van der Waals surface area contributed by atoms with Gasteiger partial charge in [-0.3, -0.25) is 9.48 Å². The number of nitrogens with zero attached hydrogens (tertiary/aromatic N) is 2. The van der Waals surface area contributed by atoms with E-state index >= 15 is 0 Å². The Balaban J connectivity index is 1.64. The third-order valence-electron chi connectivity index (χ3n) is 4.21. The van der Waals surface area contributed by atoms with Gasteiger partial charge in [-0.05, 0) is 39.0 Å². The van der Waals surface area contributed by atoms with E-state index in [0.717, 1.165) is 16.8 Å². The summed E-state index contributed by atoms with van der Waals surface area (Å²) in [4.78, 5) is 12.2. The van der Waals surface area contributed by atoms with Crippen molar-refractivity contribution in [2.45, 2.75) is 39.8 Å². The number of nitrogens with one attached hydrogen (secondary N) is 1. The Hall–Kier alpha value is -2.76. The Kier molecular flexibility index (Phi) is 4.79. The van der Waals surface area contributed by atoms with Gasteiger partial charge in [0.15, 0.2) is 11.3 Å². The summed E-state index contributed by atoms with van der Waals surface area (Å²) < 4.78 is 13.0. The standard InChI is InChI=1S/C19H23N3O3/c1-12-10-13(2)22(21-12)9-8-18(23)20-14(3)17-11-15-6-5-7-16(24-4)19(15)25-17/h5-7,10-11,14H,8-9H2,1-4H3,(H,20,23). The van der Waals surface area contributed by atoms with Crippen molar-refractivity contribution in [3.05, 3.63) is 47.5 Å². The molecule has 0 spiro atoms. The van der Waals surface area contributed by atoms with Crippen LogP contribution in [0.2, 0.25) is 0 Å². The monoisotopic (exact) mass is 341 g/mol. The minimum absolute atomic E-state index is 0.0347. The molecule has 3 aromatic rings. The molecule has 0 radical (unpaired) electrons. The average Bonchev–Trinajstić information content (AvgIpc) is 3.15. The largest absolute Gasteiger partial charge is 0.493 e. The molecule has 0 bridgehead atoms. The molecule has 6 heteroatoms. The fourth-order valence-electron chi connectivity index (χ4n) is 2.92. The summed E-state index contributed by atoms with van der Waals surface area (Å²) in [5, 5.41) is 8.30. The minimum atomic E-state index is -0.218. The molecule has 2 aromatic heterocycles. The fourth-order valence-corrected chi connectivity index (χ4v) is 2.92. The fraction of sp³-hybridized carbons (Fsp3) is 0.368. The topological polar surface area (TPSA) is 69.3 Å². The molecule has 6 nitrogen and oxygen atoms in total. The number of hydrogen-bond donors (Lipinski definition) is 1. The number of para-hydroxylation sites is 1. The van der Waals surface area contributed by atoms with Crippen LogP contribution in [0.1, 0.15) is 36.5 Å². The summed E-state index contributed by atoms with van der Waals surface area (Å²) in [7, 11) is 1.61. The van der Waals surface area contributed by atoms with Crippen LogP contribution in [0.25, 0.3) is 11.0 Å². The number of ether oxygens (including phenoxy) is 1. The SMILES string of the molecule is COc1cccc2cc(C(C)NC(=O)CCn3nc(C)cc3C)oc12. The molecule has 0 aliphatic rings. The third kappa shape index (κ3) is 3.68. The van der Waals surface area contributed by atoms with E-state index < -0.39 is 0 Å². The van der Waals surface area contributed by atoms with Crippen LogP contribution in [0.3, 0.4) is 0 Å². The highest BCUT2D eigenvalue weighted by Gasteiger charge is 2.16. The number of hydrogen-bond acceptors (Lipinski definition) is 4. The van der Waals surface area contributed by atoms with Gasteiger partial charge in [-0.1, -0.05) is 12.1 Å². The Morgan fingerprint density at radius 2 is 2.16 bits per heavy atom. The molecule has 1 N–H and O–H groups in total. The zero-order valence-electron chi connectivity index (χ0n) is 15.0.